The Bertz CT molecular complexity index is 3200. The van der Waals surface area contributed by atoms with Gasteiger partial charge in [-0.25, -0.2) is 0 Å². The fraction of sp³-hybridized carbons (Fsp3) is 0. The molecule has 0 saturated carbocycles. The maximum absolute atomic E-state index is 6.28. The average Bonchev–Trinajstić information content (AvgIpc) is 3.83. The first-order chi connectivity index (χ1) is 27.3. The van der Waals surface area contributed by atoms with Gasteiger partial charge in [0.25, 0.3) is 0 Å². The van der Waals surface area contributed by atoms with Crippen molar-refractivity contribution < 1.29 is 8.83 Å². The number of hydrogen-bond acceptors (Lipinski definition) is 3. The van der Waals surface area contributed by atoms with Gasteiger partial charge in [0.1, 0.15) is 22.3 Å². The molecule has 2 heterocycles. The largest absolute Gasteiger partial charge is 0.456 e. The molecule has 0 amide bonds. The fourth-order valence-corrected chi connectivity index (χ4v) is 8.35. The molecule has 3 heteroatoms. The Balaban J connectivity index is 1.05. The van der Waals surface area contributed by atoms with Crippen molar-refractivity contribution in [2.24, 2.45) is 0 Å². The SMILES string of the molecule is c1cc(-c2cccc3oc4ccccc4c23)cc(N(c2ccc(-c3cccc4ccccc34)cc2)c2ccc(-c3cccc4oc5ccccc5c34)cc2)c1. The van der Waals surface area contributed by atoms with Gasteiger partial charge in [0.2, 0.25) is 0 Å². The summed E-state index contributed by atoms with van der Waals surface area (Å²) in [5.74, 6) is 0. The lowest BCUT2D eigenvalue weighted by atomic mass is 9.97. The van der Waals surface area contributed by atoms with Gasteiger partial charge in [0.15, 0.2) is 0 Å². The summed E-state index contributed by atoms with van der Waals surface area (Å²) in [6.45, 7) is 0. The second kappa shape index (κ2) is 12.6. The first kappa shape index (κ1) is 31.2. The maximum atomic E-state index is 6.28. The Morgan fingerprint density at radius 2 is 0.745 bits per heavy atom. The predicted octanol–water partition coefficient (Wildman–Crippen LogP) is 15.1. The lowest BCUT2D eigenvalue weighted by Crippen LogP contribution is -2.10. The summed E-state index contributed by atoms with van der Waals surface area (Å²) in [5, 5.41) is 7.01. The van der Waals surface area contributed by atoms with Crippen LogP contribution in [-0.2, 0) is 0 Å². The smallest absolute Gasteiger partial charge is 0.136 e. The minimum Gasteiger partial charge on any atom is -0.456 e. The van der Waals surface area contributed by atoms with E-state index in [4.69, 9.17) is 8.83 Å². The van der Waals surface area contributed by atoms with Crippen LogP contribution in [0, 0.1) is 0 Å². The third-order valence-electron chi connectivity index (χ3n) is 10.9. The van der Waals surface area contributed by atoms with Crippen LogP contribution in [0.15, 0.2) is 209 Å². The van der Waals surface area contributed by atoms with Crippen molar-refractivity contribution >= 4 is 71.7 Å². The van der Waals surface area contributed by atoms with Gasteiger partial charge in [-0.2, -0.15) is 0 Å². The quantitative estimate of drug-likeness (QED) is 0.173. The Kier molecular flexibility index (Phi) is 7.17. The van der Waals surface area contributed by atoms with Gasteiger partial charge in [-0.05, 0) is 105 Å². The number of fused-ring (bicyclic) bond motifs is 7. The first-order valence-electron chi connectivity index (χ1n) is 18.7. The third-order valence-corrected chi connectivity index (χ3v) is 10.9. The Labute approximate surface area is 317 Å². The highest BCUT2D eigenvalue weighted by atomic mass is 16.3. The van der Waals surface area contributed by atoms with Crippen molar-refractivity contribution in [1.82, 2.24) is 0 Å². The molecule has 0 fully saturated rings. The van der Waals surface area contributed by atoms with Gasteiger partial charge in [0.05, 0.1) is 0 Å². The monoisotopic (exact) mass is 703 g/mol. The summed E-state index contributed by atoms with van der Waals surface area (Å²) < 4.78 is 12.5. The molecular formula is C52H33NO2. The van der Waals surface area contributed by atoms with Crippen LogP contribution >= 0.6 is 0 Å². The third kappa shape index (κ3) is 5.20. The summed E-state index contributed by atoms with van der Waals surface area (Å²) in [7, 11) is 0. The molecule has 0 spiro atoms. The number of rotatable bonds is 6. The lowest BCUT2D eigenvalue weighted by molar-refractivity contribution is 0.668. The number of furan rings is 2. The lowest BCUT2D eigenvalue weighted by Gasteiger charge is -2.26. The van der Waals surface area contributed by atoms with Crippen LogP contribution in [0.5, 0.6) is 0 Å². The standard InChI is InChI=1S/C52H33NO2/c1-2-15-41-34(11-1)12-8-18-42(41)35-25-29-38(30-26-35)53(39-31-27-36(28-32-39)43-19-9-23-49-51(43)45-16-3-5-21-47(45)54-49)40-14-7-13-37(33-40)44-20-10-24-50-52(44)46-17-4-6-22-48(46)55-50/h1-33H. The maximum Gasteiger partial charge on any atom is 0.136 e. The van der Waals surface area contributed by atoms with Crippen LogP contribution in [0.1, 0.15) is 0 Å². The zero-order valence-electron chi connectivity index (χ0n) is 29.8. The second-order valence-corrected chi connectivity index (χ2v) is 14.1. The Morgan fingerprint density at radius 1 is 0.291 bits per heavy atom. The Morgan fingerprint density at radius 3 is 1.38 bits per heavy atom. The molecule has 0 unspecified atom stereocenters. The summed E-state index contributed by atoms with van der Waals surface area (Å²) in [4.78, 5) is 2.35. The van der Waals surface area contributed by atoms with Crippen molar-refractivity contribution in [3.8, 4) is 33.4 Å². The molecule has 11 aromatic rings. The van der Waals surface area contributed by atoms with E-state index in [0.29, 0.717) is 0 Å². The highest BCUT2D eigenvalue weighted by Crippen LogP contribution is 2.43. The normalized spacial score (nSPS) is 11.6. The summed E-state index contributed by atoms with van der Waals surface area (Å²) in [6.07, 6.45) is 0. The molecule has 0 aliphatic rings. The van der Waals surface area contributed by atoms with Crippen LogP contribution in [-0.4, -0.2) is 0 Å². The number of hydrogen-bond donors (Lipinski definition) is 0. The van der Waals surface area contributed by atoms with Crippen molar-refractivity contribution in [1.29, 1.82) is 0 Å². The molecule has 0 atom stereocenters. The molecule has 0 bridgehead atoms. The van der Waals surface area contributed by atoms with Crippen molar-refractivity contribution in [2.45, 2.75) is 0 Å². The van der Waals surface area contributed by atoms with E-state index in [-0.39, 0.29) is 0 Å². The number of benzene rings is 9. The number of para-hydroxylation sites is 2. The molecule has 0 saturated heterocycles. The summed E-state index contributed by atoms with van der Waals surface area (Å²) in [5.41, 5.74) is 13.8. The average molecular weight is 704 g/mol. The van der Waals surface area contributed by atoms with Crippen LogP contribution in [0.3, 0.4) is 0 Å². The van der Waals surface area contributed by atoms with Gasteiger partial charge in [-0.1, -0.05) is 140 Å². The van der Waals surface area contributed by atoms with E-state index >= 15 is 0 Å². The fourth-order valence-electron chi connectivity index (χ4n) is 8.35. The minimum absolute atomic E-state index is 0.890. The van der Waals surface area contributed by atoms with E-state index in [1.807, 2.05) is 24.3 Å². The van der Waals surface area contributed by atoms with E-state index in [2.05, 4.69) is 181 Å². The molecular weight excluding hydrogens is 671 g/mol. The first-order valence-corrected chi connectivity index (χ1v) is 18.7. The summed E-state index contributed by atoms with van der Waals surface area (Å²) in [6, 6.07) is 71.0. The number of nitrogens with zero attached hydrogens (tertiary/aromatic N) is 1. The predicted molar refractivity (Wildman–Crippen MR) is 229 cm³/mol. The molecule has 11 rings (SSSR count). The zero-order chi connectivity index (χ0) is 36.3. The molecule has 9 aromatic carbocycles. The van der Waals surface area contributed by atoms with Crippen molar-refractivity contribution in [3.05, 3.63) is 200 Å². The topological polar surface area (TPSA) is 29.5 Å². The van der Waals surface area contributed by atoms with E-state index in [0.717, 1.165) is 83.2 Å². The molecule has 0 radical (unpaired) electrons. The van der Waals surface area contributed by atoms with Gasteiger partial charge in [-0.15, -0.1) is 0 Å². The van der Waals surface area contributed by atoms with Crippen LogP contribution < -0.4 is 4.90 Å². The molecule has 55 heavy (non-hydrogen) atoms. The zero-order valence-corrected chi connectivity index (χ0v) is 29.8. The molecule has 0 aliphatic heterocycles. The van der Waals surface area contributed by atoms with Crippen LogP contribution in [0.2, 0.25) is 0 Å². The molecule has 0 aliphatic carbocycles. The van der Waals surface area contributed by atoms with Crippen molar-refractivity contribution in [2.75, 3.05) is 4.90 Å². The van der Waals surface area contributed by atoms with Gasteiger partial charge in [0, 0.05) is 38.6 Å². The second-order valence-electron chi connectivity index (χ2n) is 14.1. The van der Waals surface area contributed by atoms with Gasteiger partial charge in [-0.3, -0.25) is 0 Å². The Hall–Kier alpha value is -7.36. The van der Waals surface area contributed by atoms with E-state index in [1.165, 1.54) is 21.9 Å². The summed E-state index contributed by atoms with van der Waals surface area (Å²) >= 11 is 0. The number of anilines is 3. The minimum atomic E-state index is 0.890. The van der Waals surface area contributed by atoms with Crippen LogP contribution in [0.25, 0.3) is 88.0 Å². The van der Waals surface area contributed by atoms with E-state index in [9.17, 15) is 0 Å². The highest BCUT2D eigenvalue weighted by Gasteiger charge is 2.18. The highest BCUT2D eigenvalue weighted by molar-refractivity contribution is 6.13. The molecule has 0 N–H and O–H groups in total. The molecule has 258 valence electrons. The molecule has 2 aromatic heterocycles. The molecule has 3 nitrogen and oxygen atoms in total. The van der Waals surface area contributed by atoms with Gasteiger partial charge >= 0.3 is 0 Å². The van der Waals surface area contributed by atoms with E-state index in [1.54, 1.807) is 0 Å². The van der Waals surface area contributed by atoms with E-state index < -0.39 is 0 Å². The van der Waals surface area contributed by atoms with Crippen LogP contribution in [0.4, 0.5) is 17.1 Å². The van der Waals surface area contributed by atoms with Crippen molar-refractivity contribution in [3.63, 3.8) is 0 Å². The van der Waals surface area contributed by atoms with Gasteiger partial charge < -0.3 is 13.7 Å².